The molecule has 90 valence electrons. The van der Waals surface area contributed by atoms with Gasteiger partial charge in [-0.1, -0.05) is 29.8 Å². The molecule has 0 N–H and O–H groups in total. The van der Waals surface area contributed by atoms with Gasteiger partial charge in [-0.05, 0) is 36.5 Å². The van der Waals surface area contributed by atoms with Gasteiger partial charge in [0, 0.05) is 17.6 Å². The first-order valence-corrected chi connectivity index (χ1v) is 6.85. The average molecular weight is 293 g/mol. The van der Waals surface area contributed by atoms with Crippen molar-refractivity contribution in [1.29, 1.82) is 5.26 Å². The Hall–Kier alpha value is -1.01. The second-order valence-corrected chi connectivity index (χ2v) is 5.88. The van der Waals surface area contributed by atoms with Crippen LogP contribution in [0.3, 0.4) is 0 Å². The number of nitrogens with zero attached hydrogens (tertiary/aromatic N) is 2. The molecule has 3 heteroatoms. The number of hydrogen-bond acceptors (Lipinski definition) is 2. The van der Waals surface area contributed by atoms with E-state index in [1.807, 2.05) is 12.1 Å². The molecule has 1 saturated heterocycles. The van der Waals surface area contributed by atoms with Crippen molar-refractivity contribution in [3.8, 4) is 6.07 Å². The molecule has 2 rings (SSSR count). The van der Waals surface area contributed by atoms with Crippen LogP contribution in [0, 0.1) is 23.2 Å². The molecule has 2 unspecified atom stereocenters. The molecule has 1 aliphatic rings. The Labute approximate surface area is 111 Å². The Kier molecular flexibility index (Phi) is 3.73. The van der Waals surface area contributed by atoms with Crippen LogP contribution in [0.1, 0.15) is 25.8 Å². The number of piperidine rings is 1. The van der Waals surface area contributed by atoms with E-state index < -0.39 is 0 Å². The molecule has 0 amide bonds. The van der Waals surface area contributed by atoms with Crippen LogP contribution >= 0.6 is 15.9 Å². The lowest BCUT2D eigenvalue weighted by Gasteiger charge is -2.37. The fourth-order valence-electron chi connectivity index (χ4n) is 2.34. The smallest absolute Gasteiger partial charge is 0.101 e. The minimum absolute atomic E-state index is 0.689. The zero-order chi connectivity index (χ0) is 12.4. The summed E-state index contributed by atoms with van der Waals surface area (Å²) in [5, 5.41) is 9.17. The maximum atomic E-state index is 9.17. The number of halogens is 1. The molecule has 1 aromatic carbocycles. The van der Waals surface area contributed by atoms with Crippen LogP contribution in [0.15, 0.2) is 22.7 Å². The first-order valence-electron chi connectivity index (χ1n) is 6.06. The van der Waals surface area contributed by atoms with Gasteiger partial charge < -0.3 is 4.90 Å². The van der Waals surface area contributed by atoms with E-state index in [1.165, 1.54) is 6.42 Å². The van der Waals surface area contributed by atoms with Crippen LogP contribution in [0.25, 0.3) is 0 Å². The van der Waals surface area contributed by atoms with E-state index in [4.69, 9.17) is 5.26 Å². The Bertz CT molecular complexity index is 450. The highest BCUT2D eigenvalue weighted by Crippen LogP contribution is 2.30. The Morgan fingerprint density at radius 3 is 2.76 bits per heavy atom. The van der Waals surface area contributed by atoms with Gasteiger partial charge in [-0.3, -0.25) is 0 Å². The number of nitriles is 1. The Morgan fingerprint density at radius 1 is 1.35 bits per heavy atom. The number of hydrogen-bond donors (Lipinski definition) is 0. The van der Waals surface area contributed by atoms with Gasteiger partial charge in [0.05, 0.1) is 11.3 Å². The van der Waals surface area contributed by atoms with E-state index >= 15 is 0 Å². The van der Waals surface area contributed by atoms with Gasteiger partial charge in [0.15, 0.2) is 0 Å². The van der Waals surface area contributed by atoms with Crippen LogP contribution < -0.4 is 4.90 Å². The minimum Gasteiger partial charge on any atom is -0.370 e. The molecular weight excluding hydrogens is 276 g/mol. The largest absolute Gasteiger partial charge is 0.370 e. The van der Waals surface area contributed by atoms with Crippen molar-refractivity contribution in [3.05, 3.63) is 28.2 Å². The molecule has 0 bridgehead atoms. The SMILES string of the molecule is CC1CCN(c2cc(Br)ccc2C#N)CC1C. The lowest BCUT2D eigenvalue weighted by molar-refractivity contribution is 0.324. The van der Waals surface area contributed by atoms with Crippen LogP contribution in [0.4, 0.5) is 5.69 Å². The Morgan fingerprint density at radius 2 is 2.12 bits per heavy atom. The lowest BCUT2D eigenvalue weighted by atomic mass is 9.88. The maximum absolute atomic E-state index is 9.17. The first-order chi connectivity index (χ1) is 8.11. The molecule has 0 radical (unpaired) electrons. The monoisotopic (exact) mass is 292 g/mol. The molecule has 1 aliphatic heterocycles. The van der Waals surface area contributed by atoms with Gasteiger partial charge in [-0.2, -0.15) is 5.26 Å². The van der Waals surface area contributed by atoms with Gasteiger partial charge in [-0.25, -0.2) is 0 Å². The molecule has 1 heterocycles. The molecule has 0 aliphatic carbocycles. The standard InChI is InChI=1S/C14H17BrN2/c1-10-5-6-17(9-11(10)2)14-7-13(15)4-3-12(14)8-16/h3-4,7,10-11H,5-6,9H2,1-2H3. The van der Waals surface area contributed by atoms with Gasteiger partial charge in [0.2, 0.25) is 0 Å². The van der Waals surface area contributed by atoms with E-state index in [0.29, 0.717) is 5.92 Å². The van der Waals surface area contributed by atoms with Crippen molar-refractivity contribution in [1.82, 2.24) is 0 Å². The molecule has 0 spiro atoms. The van der Waals surface area contributed by atoms with Crippen LogP contribution in [-0.4, -0.2) is 13.1 Å². The summed E-state index contributed by atoms with van der Waals surface area (Å²) in [6, 6.07) is 8.16. The second-order valence-electron chi connectivity index (χ2n) is 4.96. The zero-order valence-electron chi connectivity index (χ0n) is 10.3. The van der Waals surface area contributed by atoms with Gasteiger partial charge in [-0.15, -0.1) is 0 Å². The summed E-state index contributed by atoms with van der Waals surface area (Å²) in [6.45, 7) is 6.71. The summed E-state index contributed by atoms with van der Waals surface area (Å²) in [6.07, 6.45) is 1.21. The summed E-state index contributed by atoms with van der Waals surface area (Å²) in [7, 11) is 0. The van der Waals surface area contributed by atoms with E-state index in [1.54, 1.807) is 0 Å². The highest BCUT2D eigenvalue weighted by Gasteiger charge is 2.24. The van der Waals surface area contributed by atoms with E-state index in [0.717, 1.165) is 34.7 Å². The van der Waals surface area contributed by atoms with E-state index in [2.05, 4.69) is 46.8 Å². The first kappa shape index (κ1) is 12.4. The lowest BCUT2D eigenvalue weighted by Crippen LogP contribution is -2.38. The third-order valence-corrected chi connectivity index (χ3v) is 4.25. The summed E-state index contributed by atoms with van der Waals surface area (Å²) < 4.78 is 1.04. The average Bonchev–Trinajstić information content (AvgIpc) is 2.32. The third-order valence-electron chi connectivity index (χ3n) is 3.76. The number of rotatable bonds is 1. The summed E-state index contributed by atoms with van der Waals surface area (Å²) >= 11 is 3.48. The second kappa shape index (κ2) is 5.10. The molecule has 2 nitrogen and oxygen atoms in total. The van der Waals surface area contributed by atoms with E-state index in [9.17, 15) is 0 Å². The van der Waals surface area contributed by atoms with Crippen molar-refractivity contribution in [2.45, 2.75) is 20.3 Å². The third kappa shape index (κ3) is 2.63. The van der Waals surface area contributed by atoms with E-state index in [-0.39, 0.29) is 0 Å². The van der Waals surface area contributed by atoms with Gasteiger partial charge in [0.1, 0.15) is 6.07 Å². The minimum atomic E-state index is 0.689. The summed E-state index contributed by atoms with van der Waals surface area (Å²) in [5.41, 5.74) is 1.84. The summed E-state index contributed by atoms with van der Waals surface area (Å²) in [4.78, 5) is 2.34. The fraction of sp³-hybridized carbons (Fsp3) is 0.500. The molecule has 0 aromatic heterocycles. The molecule has 1 fully saturated rings. The molecule has 0 saturated carbocycles. The predicted molar refractivity (Wildman–Crippen MR) is 74.0 cm³/mol. The predicted octanol–water partition coefficient (Wildman–Crippen LogP) is 3.80. The highest BCUT2D eigenvalue weighted by molar-refractivity contribution is 9.10. The zero-order valence-corrected chi connectivity index (χ0v) is 11.9. The van der Waals surface area contributed by atoms with Gasteiger partial charge >= 0.3 is 0 Å². The topological polar surface area (TPSA) is 27.0 Å². The van der Waals surface area contributed by atoms with Crippen LogP contribution in [0.2, 0.25) is 0 Å². The number of benzene rings is 1. The normalized spacial score (nSPS) is 24.5. The van der Waals surface area contributed by atoms with Crippen molar-refractivity contribution >= 4 is 21.6 Å². The maximum Gasteiger partial charge on any atom is 0.101 e. The highest BCUT2D eigenvalue weighted by atomic mass is 79.9. The summed E-state index contributed by atoms with van der Waals surface area (Å²) in [5.74, 6) is 1.47. The van der Waals surface area contributed by atoms with Crippen molar-refractivity contribution in [2.24, 2.45) is 11.8 Å². The van der Waals surface area contributed by atoms with Crippen LogP contribution in [-0.2, 0) is 0 Å². The molecule has 2 atom stereocenters. The fourth-order valence-corrected chi connectivity index (χ4v) is 2.69. The van der Waals surface area contributed by atoms with Crippen molar-refractivity contribution in [3.63, 3.8) is 0 Å². The van der Waals surface area contributed by atoms with Crippen LogP contribution in [0.5, 0.6) is 0 Å². The molecular formula is C14H17BrN2. The van der Waals surface area contributed by atoms with Gasteiger partial charge in [0.25, 0.3) is 0 Å². The molecule has 1 aromatic rings. The van der Waals surface area contributed by atoms with Crippen molar-refractivity contribution in [2.75, 3.05) is 18.0 Å². The quantitative estimate of drug-likeness (QED) is 0.787. The van der Waals surface area contributed by atoms with Crippen molar-refractivity contribution < 1.29 is 0 Å². The molecule has 17 heavy (non-hydrogen) atoms. The number of anilines is 1. The Balaban J connectivity index is 2.28.